The Morgan fingerprint density at radius 3 is 2.35 bits per heavy atom. The Kier molecular flexibility index (Phi) is 6.23. The molecule has 0 aliphatic rings. The molecule has 114 valence electrons. The van der Waals surface area contributed by atoms with Crippen LogP contribution in [0.1, 0.15) is 34.1 Å². The summed E-state index contributed by atoms with van der Waals surface area (Å²) in [5.74, 6) is 0.110. The maximum Gasteiger partial charge on any atom is 0.181 e. The summed E-state index contributed by atoms with van der Waals surface area (Å²) in [5, 5.41) is 3.36. The lowest BCUT2D eigenvalue weighted by molar-refractivity contribution is 0.288. The van der Waals surface area contributed by atoms with Crippen molar-refractivity contribution in [2.24, 2.45) is 5.41 Å². The van der Waals surface area contributed by atoms with E-state index in [2.05, 4.69) is 48.9 Å². The first-order valence-electron chi connectivity index (χ1n) is 6.89. The smallest absolute Gasteiger partial charge is 0.181 e. The Morgan fingerprint density at radius 1 is 1.25 bits per heavy atom. The van der Waals surface area contributed by atoms with Crippen molar-refractivity contribution in [1.82, 2.24) is 5.32 Å². The van der Waals surface area contributed by atoms with E-state index in [1.807, 2.05) is 6.07 Å². The van der Waals surface area contributed by atoms with Gasteiger partial charge in [-0.3, -0.25) is 0 Å². The summed E-state index contributed by atoms with van der Waals surface area (Å²) in [6, 6.07) is 6.92. The van der Waals surface area contributed by atoms with Crippen molar-refractivity contribution < 1.29 is 8.42 Å². The third kappa shape index (κ3) is 4.86. The van der Waals surface area contributed by atoms with E-state index >= 15 is 0 Å². The van der Waals surface area contributed by atoms with Crippen molar-refractivity contribution >= 4 is 25.8 Å². The molecule has 1 aromatic carbocycles. The largest absolute Gasteiger partial charge is 0.312 e. The molecule has 3 nitrogen and oxygen atoms in total. The molecule has 0 aromatic heterocycles. The third-order valence-electron chi connectivity index (χ3n) is 3.24. The van der Waals surface area contributed by atoms with Crippen LogP contribution in [0.15, 0.2) is 33.6 Å². The molecule has 20 heavy (non-hydrogen) atoms. The predicted molar refractivity (Wildman–Crippen MR) is 87.7 cm³/mol. The molecule has 0 aliphatic carbocycles. The predicted octanol–water partition coefficient (Wildman–Crippen LogP) is 3.64. The first kappa shape index (κ1) is 17.7. The molecule has 1 aromatic rings. The van der Waals surface area contributed by atoms with Crippen LogP contribution in [0.25, 0.3) is 0 Å². The van der Waals surface area contributed by atoms with Crippen molar-refractivity contribution in [3.8, 4) is 0 Å². The number of nitrogens with one attached hydrogen (secondary N) is 1. The van der Waals surface area contributed by atoms with Crippen molar-refractivity contribution in [2.45, 2.75) is 45.1 Å². The second-order valence-corrected chi connectivity index (χ2v) is 8.94. The number of hydrogen-bond acceptors (Lipinski definition) is 3. The van der Waals surface area contributed by atoms with Crippen LogP contribution in [0.5, 0.6) is 0 Å². The second-order valence-electron chi connectivity index (χ2n) is 6.08. The summed E-state index contributed by atoms with van der Waals surface area (Å²) in [6.45, 7) is 9.10. The highest BCUT2D eigenvalue weighted by Crippen LogP contribution is 2.27. The van der Waals surface area contributed by atoms with E-state index in [9.17, 15) is 8.42 Å². The van der Waals surface area contributed by atoms with Crippen LogP contribution < -0.4 is 5.32 Å². The lowest BCUT2D eigenvalue weighted by atomic mass is 9.88. The van der Waals surface area contributed by atoms with Crippen LogP contribution in [0.3, 0.4) is 0 Å². The lowest BCUT2D eigenvalue weighted by Crippen LogP contribution is -2.45. The van der Waals surface area contributed by atoms with Gasteiger partial charge in [0.05, 0.1) is 10.6 Å². The average Bonchev–Trinajstić information content (AvgIpc) is 2.33. The molecule has 1 unspecified atom stereocenters. The molecular formula is C15H24BrNO2S. The van der Waals surface area contributed by atoms with Crippen LogP contribution in [0.2, 0.25) is 0 Å². The number of halogens is 1. The fourth-order valence-electron chi connectivity index (χ4n) is 1.94. The van der Waals surface area contributed by atoms with E-state index in [4.69, 9.17) is 0 Å². The minimum atomic E-state index is -3.31. The van der Waals surface area contributed by atoms with Crippen LogP contribution in [0.4, 0.5) is 0 Å². The summed E-state index contributed by atoms with van der Waals surface area (Å²) in [5.41, 5.74) is -0.108. The normalized spacial score (nSPS) is 14.2. The van der Waals surface area contributed by atoms with Gasteiger partial charge in [-0.2, -0.15) is 0 Å². The highest BCUT2D eigenvalue weighted by molar-refractivity contribution is 9.10. The van der Waals surface area contributed by atoms with Gasteiger partial charge in [-0.25, -0.2) is 8.42 Å². The number of hydrogen-bond donors (Lipinski definition) is 1. The van der Waals surface area contributed by atoms with E-state index in [-0.39, 0.29) is 17.2 Å². The Hall–Kier alpha value is -0.390. The van der Waals surface area contributed by atoms with Crippen LogP contribution in [-0.2, 0) is 9.84 Å². The number of rotatable bonds is 6. The topological polar surface area (TPSA) is 46.2 Å². The number of sulfone groups is 1. The molecule has 0 saturated carbocycles. The zero-order valence-corrected chi connectivity index (χ0v) is 15.0. The number of benzene rings is 1. The third-order valence-corrected chi connectivity index (χ3v) is 6.00. The van der Waals surface area contributed by atoms with Crippen molar-refractivity contribution in [1.29, 1.82) is 0 Å². The van der Waals surface area contributed by atoms with Crippen molar-refractivity contribution in [2.75, 3.05) is 12.3 Å². The minimum Gasteiger partial charge on any atom is -0.312 e. The molecule has 0 amide bonds. The van der Waals surface area contributed by atoms with E-state index in [1.54, 1.807) is 18.2 Å². The van der Waals surface area contributed by atoms with Crippen LogP contribution in [0, 0.1) is 5.41 Å². The second kappa shape index (κ2) is 7.05. The van der Waals surface area contributed by atoms with E-state index in [0.29, 0.717) is 9.37 Å². The molecule has 0 radical (unpaired) electrons. The highest BCUT2D eigenvalue weighted by Gasteiger charge is 2.30. The standard InChI is InChI=1S/C15H24BrNO2S/c1-5-10-17-14(15(2,3)4)11-20(18,19)13-9-7-6-8-12(13)16/h6-9,14,17H,5,10-11H2,1-4H3. The SMILES string of the molecule is CCCNC(CS(=O)(=O)c1ccccc1Br)C(C)(C)C. The first-order chi connectivity index (χ1) is 9.18. The van der Waals surface area contributed by atoms with Gasteiger partial charge in [-0.15, -0.1) is 0 Å². The first-order valence-corrected chi connectivity index (χ1v) is 9.33. The molecule has 1 rings (SSSR count). The Balaban J connectivity index is 3.01. The van der Waals surface area contributed by atoms with Gasteiger partial charge in [0.2, 0.25) is 0 Å². The molecule has 0 saturated heterocycles. The van der Waals surface area contributed by atoms with Gasteiger partial charge in [0, 0.05) is 10.5 Å². The molecule has 0 spiro atoms. The highest BCUT2D eigenvalue weighted by atomic mass is 79.9. The zero-order valence-electron chi connectivity index (χ0n) is 12.6. The summed E-state index contributed by atoms with van der Waals surface area (Å²) in [6.07, 6.45) is 0.988. The zero-order chi connectivity index (χ0) is 15.4. The fourth-order valence-corrected chi connectivity index (χ4v) is 4.85. The van der Waals surface area contributed by atoms with Gasteiger partial charge in [0.25, 0.3) is 0 Å². The van der Waals surface area contributed by atoms with E-state index < -0.39 is 9.84 Å². The Labute approximate surface area is 131 Å². The maximum absolute atomic E-state index is 12.6. The Morgan fingerprint density at radius 2 is 1.85 bits per heavy atom. The van der Waals surface area contributed by atoms with Gasteiger partial charge in [0.15, 0.2) is 9.84 Å². The van der Waals surface area contributed by atoms with Gasteiger partial charge >= 0.3 is 0 Å². The quantitative estimate of drug-likeness (QED) is 0.841. The van der Waals surface area contributed by atoms with Gasteiger partial charge in [0.1, 0.15) is 0 Å². The maximum atomic E-state index is 12.6. The van der Waals surface area contributed by atoms with Crippen molar-refractivity contribution in [3.63, 3.8) is 0 Å². The molecule has 0 fully saturated rings. The Bertz CT molecular complexity index is 535. The van der Waals surface area contributed by atoms with Crippen LogP contribution >= 0.6 is 15.9 Å². The molecular weight excluding hydrogens is 338 g/mol. The summed E-state index contributed by atoms with van der Waals surface area (Å²) >= 11 is 3.33. The summed E-state index contributed by atoms with van der Waals surface area (Å²) in [7, 11) is -3.31. The molecule has 0 aliphatic heterocycles. The fraction of sp³-hybridized carbons (Fsp3) is 0.600. The van der Waals surface area contributed by atoms with Crippen LogP contribution in [-0.4, -0.2) is 26.8 Å². The van der Waals surface area contributed by atoms with Gasteiger partial charge in [-0.1, -0.05) is 39.8 Å². The van der Waals surface area contributed by atoms with Gasteiger partial charge in [-0.05, 0) is 46.4 Å². The monoisotopic (exact) mass is 361 g/mol. The summed E-state index contributed by atoms with van der Waals surface area (Å²) < 4.78 is 25.8. The lowest BCUT2D eigenvalue weighted by Gasteiger charge is -2.31. The van der Waals surface area contributed by atoms with Crippen molar-refractivity contribution in [3.05, 3.63) is 28.7 Å². The molecule has 1 atom stereocenters. The molecule has 0 heterocycles. The van der Waals surface area contributed by atoms with E-state index in [1.165, 1.54) is 0 Å². The minimum absolute atomic E-state index is 0.0699. The molecule has 1 N–H and O–H groups in total. The summed E-state index contributed by atoms with van der Waals surface area (Å²) in [4.78, 5) is 0.368. The molecule has 0 bridgehead atoms. The van der Waals surface area contributed by atoms with E-state index in [0.717, 1.165) is 13.0 Å². The average molecular weight is 362 g/mol. The molecule has 5 heteroatoms. The van der Waals surface area contributed by atoms with Gasteiger partial charge < -0.3 is 5.32 Å².